The first-order chi connectivity index (χ1) is 10.6. The van der Waals surface area contributed by atoms with Gasteiger partial charge in [-0.05, 0) is 0 Å². The summed E-state index contributed by atoms with van der Waals surface area (Å²) in [5, 5.41) is 0. The standard InChI is InChI=1S/C18H25.C2H6Si.2ClH.Zr/c1-5-14-13-18(8-4,15-11-9-10-12-15)17(7-3)16(14)6-2;1-3-2;;;/h9-11H,5-8,12H2,1-4H3;1-2H3;2*1H;/q;;;;+2/p-2. The molecule has 0 aromatic rings. The van der Waals surface area contributed by atoms with Gasteiger partial charge in [0, 0.05) is 0 Å². The molecule has 0 aromatic heterocycles. The van der Waals surface area contributed by atoms with E-state index in [1.54, 1.807) is 22.3 Å². The van der Waals surface area contributed by atoms with Crippen LogP contribution in [0.2, 0.25) is 13.1 Å². The average molecular weight is 462 g/mol. The minimum Gasteiger partial charge on any atom is -1.00 e. The molecule has 0 radical (unpaired) electrons. The maximum atomic E-state index is 2.55. The van der Waals surface area contributed by atoms with E-state index in [0.29, 0.717) is 5.41 Å². The van der Waals surface area contributed by atoms with Crippen molar-refractivity contribution in [1.82, 2.24) is 0 Å². The van der Waals surface area contributed by atoms with Gasteiger partial charge in [-0.1, -0.05) is 0 Å². The van der Waals surface area contributed by atoms with Gasteiger partial charge in [0.2, 0.25) is 0 Å². The second-order valence-electron chi connectivity index (χ2n) is 6.58. The predicted octanol–water partition coefficient (Wildman–Crippen LogP) is 0.405. The second kappa shape index (κ2) is 10.7. The van der Waals surface area contributed by atoms with Crippen molar-refractivity contribution in [3.8, 4) is 0 Å². The van der Waals surface area contributed by atoms with Gasteiger partial charge in [0.15, 0.2) is 0 Å². The van der Waals surface area contributed by atoms with Crippen LogP contribution in [0.25, 0.3) is 0 Å². The van der Waals surface area contributed by atoms with Crippen LogP contribution in [0, 0.1) is 5.41 Å². The van der Waals surface area contributed by atoms with E-state index in [4.69, 9.17) is 0 Å². The Morgan fingerprint density at radius 1 is 1.00 bits per heavy atom. The van der Waals surface area contributed by atoms with E-state index in [9.17, 15) is 0 Å². The van der Waals surface area contributed by atoms with E-state index >= 15 is 0 Å². The number of hydrogen-bond donors (Lipinski definition) is 0. The molecule has 1 atom stereocenters. The maximum absolute atomic E-state index is 2.55. The first-order valence-electron chi connectivity index (χ1n) is 8.96. The molecule has 4 heteroatoms. The summed E-state index contributed by atoms with van der Waals surface area (Å²) in [6.07, 6.45) is 13.3. The summed E-state index contributed by atoms with van der Waals surface area (Å²) in [6, 6.07) is 0. The Balaban J connectivity index is 0.00000264. The molecule has 133 valence electrons. The van der Waals surface area contributed by atoms with Gasteiger partial charge in [0.1, 0.15) is 0 Å². The minimum absolute atomic E-state index is 0. The third-order valence-electron chi connectivity index (χ3n) is 5.26. The van der Waals surface area contributed by atoms with Gasteiger partial charge in [-0.2, -0.15) is 0 Å². The van der Waals surface area contributed by atoms with Crippen LogP contribution in [0.5, 0.6) is 0 Å². The zero-order valence-electron chi connectivity index (χ0n) is 16.0. The van der Waals surface area contributed by atoms with Crippen molar-refractivity contribution in [2.45, 2.75) is 72.9 Å². The molecule has 0 heterocycles. The summed E-state index contributed by atoms with van der Waals surface area (Å²) in [7, 11) is 0. The average Bonchev–Trinajstić information content (AvgIpc) is 3.11. The van der Waals surface area contributed by atoms with Crippen LogP contribution in [0.15, 0.2) is 43.8 Å². The van der Waals surface area contributed by atoms with Crippen molar-refractivity contribution in [2.24, 2.45) is 5.41 Å². The van der Waals surface area contributed by atoms with Crippen LogP contribution in [0.3, 0.4) is 0 Å². The van der Waals surface area contributed by atoms with Crippen molar-refractivity contribution in [2.75, 3.05) is 0 Å². The third-order valence-corrected chi connectivity index (χ3v) is 13.3. The number of halogens is 2. The third kappa shape index (κ3) is 4.13. The van der Waals surface area contributed by atoms with Gasteiger partial charge in [0.05, 0.1) is 0 Å². The van der Waals surface area contributed by atoms with Crippen LogP contribution in [-0.4, -0.2) is 5.43 Å². The molecule has 0 aliphatic heterocycles. The Hall–Kier alpha value is 0.640. The Kier molecular flexibility index (Phi) is 11.0. The molecule has 1 unspecified atom stereocenters. The van der Waals surface area contributed by atoms with E-state index in [1.807, 2.05) is 3.28 Å². The van der Waals surface area contributed by atoms with Crippen molar-refractivity contribution in [1.29, 1.82) is 0 Å². The molecule has 0 N–H and O–H groups in total. The smallest absolute Gasteiger partial charge is 1.00 e. The van der Waals surface area contributed by atoms with Crippen LogP contribution in [-0.2, 0) is 21.9 Å². The largest absolute Gasteiger partial charge is 1.00 e. The van der Waals surface area contributed by atoms with Crippen molar-refractivity contribution in [3.63, 3.8) is 0 Å². The fourth-order valence-electron chi connectivity index (χ4n) is 4.50. The van der Waals surface area contributed by atoms with E-state index in [0.717, 1.165) is 0 Å². The second-order valence-corrected chi connectivity index (χ2v) is 19.3. The van der Waals surface area contributed by atoms with Crippen LogP contribution >= 0.6 is 0 Å². The van der Waals surface area contributed by atoms with Crippen LogP contribution in [0.4, 0.5) is 0 Å². The van der Waals surface area contributed by atoms with Gasteiger partial charge < -0.3 is 24.8 Å². The van der Waals surface area contributed by atoms with Gasteiger partial charge in [-0.15, -0.1) is 0 Å². The molecule has 0 amide bonds. The first-order valence-corrected chi connectivity index (χ1v) is 16.4. The van der Waals surface area contributed by atoms with Crippen LogP contribution < -0.4 is 24.8 Å². The number of rotatable bonds is 6. The summed E-state index contributed by atoms with van der Waals surface area (Å²) in [6.45, 7) is 14.7. The molecule has 0 spiro atoms. The molecule has 2 aliphatic rings. The number of hydrogen-bond acceptors (Lipinski definition) is 0. The molecule has 0 aromatic carbocycles. The van der Waals surface area contributed by atoms with Crippen LogP contribution in [0.1, 0.15) is 59.8 Å². The monoisotopic (exact) mass is 459 g/mol. The summed E-state index contributed by atoms with van der Waals surface area (Å²) >= 11 is -0.420. The van der Waals surface area contributed by atoms with Crippen molar-refractivity contribution >= 4 is 5.43 Å². The van der Waals surface area contributed by atoms with E-state index in [-0.39, 0.29) is 30.2 Å². The fourth-order valence-corrected chi connectivity index (χ4v) is 13.7. The number of allylic oxidation sites excluding steroid dienone is 8. The Bertz CT molecular complexity index is 607. The zero-order chi connectivity index (χ0) is 16.3. The molecule has 0 nitrogen and oxygen atoms in total. The Labute approximate surface area is 173 Å². The molecule has 0 saturated heterocycles. The molecular weight excluding hydrogens is 430 g/mol. The van der Waals surface area contributed by atoms with Crippen molar-refractivity contribution in [3.05, 3.63) is 43.8 Å². The quantitative estimate of drug-likeness (QED) is 0.503. The maximum Gasteiger partial charge on any atom is -1.00 e. The molecule has 0 bridgehead atoms. The van der Waals surface area contributed by atoms with Gasteiger partial charge >= 0.3 is 149 Å². The van der Waals surface area contributed by atoms with Gasteiger partial charge in [-0.3, -0.25) is 0 Å². The molecule has 2 aliphatic carbocycles. The molecule has 0 saturated carbocycles. The van der Waals surface area contributed by atoms with E-state index in [2.05, 4.69) is 59.0 Å². The Morgan fingerprint density at radius 2 is 1.62 bits per heavy atom. The summed E-state index contributed by atoms with van der Waals surface area (Å²) in [5.74, 6) is 0. The first kappa shape index (κ1) is 24.6. The predicted molar refractivity (Wildman–Crippen MR) is 97.0 cm³/mol. The fraction of sp³-hybridized carbons (Fsp3) is 0.600. The van der Waals surface area contributed by atoms with Crippen molar-refractivity contribution < 1.29 is 46.7 Å². The normalized spacial score (nSPS) is 22.2. The Morgan fingerprint density at radius 3 is 2.00 bits per heavy atom. The van der Waals surface area contributed by atoms with E-state index < -0.39 is 21.9 Å². The molecule has 0 fully saturated rings. The molecule has 2 rings (SSSR count). The zero-order valence-corrected chi connectivity index (χ0v) is 21.0. The topological polar surface area (TPSA) is 0 Å². The van der Waals surface area contributed by atoms with Gasteiger partial charge in [-0.25, -0.2) is 0 Å². The minimum atomic E-state index is -0.420. The summed E-state index contributed by atoms with van der Waals surface area (Å²) < 4.78 is 1.98. The molecular formula is C20H31Cl2SiZr. The molecule has 24 heavy (non-hydrogen) atoms. The van der Waals surface area contributed by atoms with E-state index in [1.165, 1.54) is 32.1 Å². The summed E-state index contributed by atoms with van der Waals surface area (Å²) in [4.78, 5) is 0. The SMILES string of the molecule is CCC1=C(CC)C(CC)(C2=CC=CC2)[C]([Zr+2]=[Si](C)C)=C1CC.[Cl-].[Cl-]. The summed E-state index contributed by atoms with van der Waals surface area (Å²) in [5.41, 5.74) is 7.29. The van der Waals surface area contributed by atoms with Gasteiger partial charge in [0.25, 0.3) is 0 Å².